The molecule has 1 aromatic rings. The van der Waals surface area contributed by atoms with Crippen molar-refractivity contribution >= 4 is 11.9 Å². The van der Waals surface area contributed by atoms with Gasteiger partial charge in [-0.05, 0) is 38.2 Å². The predicted molar refractivity (Wildman–Crippen MR) is 75.2 cm³/mol. The minimum atomic E-state index is -0.756. The highest BCUT2D eigenvalue weighted by atomic mass is 16.4. The molecule has 0 aliphatic rings. The maximum absolute atomic E-state index is 10.9. The van der Waals surface area contributed by atoms with Crippen molar-refractivity contribution < 1.29 is 9.90 Å². The molecule has 5 heteroatoms. The lowest BCUT2D eigenvalue weighted by molar-refractivity contribution is -0.138. The number of aromatic nitrogens is 2. The van der Waals surface area contributed by atoms with E-state index in [4.69, 9.17) is 5.11 Å². The average molecular weight is 265 g/mol. The number of nitrogens with zero attached hydrogens (tertiary/aromatic N) is 2. The van der Waals surface area contributed by atoms with Gasteiger partial charge in [0.25, 0.3) is 0 Å². The number of aliphatic carboxylic acids is 1. The van der Waals surface area contributed by atoms with E-state index in [-0.39, 0.29) is 12.3 Å². The first-order valence-corrected chi connectivity index (χ1v) is 6.64. The van der Waals surface area contributed by atoms with Crippen molar-refractivity contribution in [3.8, 4) is 0 Å². The SMILES string of the molecule is Cc1cc(C)nc(NCC(CC(=O)O)CC(C)C)n1. The van der Waals surface area contributed by atoms with Crippen molar-refractivity contribution in [3.63, 3.8) is 0 Å². The summed E-state index contributed by atoms with van der Waals surface area (Å²) in [6.07, 6.45) is 1.06. The lowest BCUT2D eigenvalue weighted by Gasteiger charge is -2.18. The minimum absolute atomic E-state index is 0.0990. The third-order valence-corrected chi connectivity index (χ3v) is 2.80. The van der Waals surface area contributed by atoms with Crippen LogP contribution in [0, 0.1) is 25.7 Å². The van der Waals surface area contributed by atoms with Gasteiger partial charge in [0, 0.05) is 24.4 Å². The molecule has 1 aromatic heterocycles. The molecular formula is C14H23N3O2. The van der Waals surface area contributed by atoms with E-state index >= 15 is 0 Å². The maximum atomic E-state index is 10.9. The molecule has 1 heterocycles. The Kier molecular flexibility index (Phi) is 5.73. The fraction of sp³-hybridized carbons (Fsp3) is 0.643. The van der Waals surface area contributed by atoms with Crippen LogP contribution >= 0.6 is 0 Å². The van der Waals surface area contributed by atoms with Crippen molar-refractivity contribution in [3.05, 3.63) is 17.5 Å². The maximum Gasteiger partial charge on any atom is 0.303 e. The average Bonchev–Trinajstić information content (AvgIpc) is 2.23. The van der Waals surface area contributed by atoms with Crippen molar-refractivity contribution in [2.24, 2.45) is 11.8 Å². The summed E-state index contributed by atoms with van der Waals surface area (Å²) in [6, 6.07) is 1.91. The lowest BCUT2D eigenvalue weighted by atomic mass is 9.94. The molecule has 0 aliphatic carbocycles. The van der Waals surface area contributed by atoms with E-state index in [1.54, 1.807) is 0 Å². The van der Waals surface area contributed by atoms with Gasteiger partial charge in [0.2, 0.25) is 5.95 Å². The second-order valence-electron chi connectivity index (χ2n) is 5.45. The molecule has 0 aliphatic heterocycles. The van der Waals surface area contributed by atoms with Crippen LogP contribution in [0.4, 0.5) is 5.95 Å². The Morgan fingerprint density at radius 2 is 1.89 bits per heavy atom. The first kappa shape index (κ1) is 15.4. The van der Waals surface area contributed by atoms with E-state index in [2.05, 4.69) is 29.1 Å². The van der Waals surface area contributed by atoms with E-state index < -0.39 is 5.97 Å². The summed E-state index contributed by atoms with van der Waals surface area (Å²) >= 11 is 0. The summed E-state index contributed by atoms with van der Waals surface area (Å²) in [7, 11) is 0. The van der Waals surface area contributed by atoms with Crippen molar-refractivity contribution in [1.82, 2.24) is 9.97 Å². The summed E-state index contributed by atoms with van der Waals surface area (Å²) in [5.74, 6) is 0.402. The molecule has 0 saturated heterocycles. The monoisotopic (exact) mass is 265 g/mol. The topological polar surface area (TPSA) is 75.1 Å². The molecule has 0 amide bonds. The number of anilines is 1. The molecule has 1 unspecified atom stereocenters. The van der Waals surface area contributed by atoms with Gasteiger partial charge in [-0.2, -0.15) is 0 Å². The van der Waals surface area contributed by atoms with Crippen LogP contribution in [0.1, 0.15) is 38.1 Å². The smallest absolute Gasteiger partial charge is 0.303 e. The summed E-state index contributed by atoms with van der Waals surface area (Å²) in [5, 5.41) is 12.1. The zero-order valence-electron chi connectivity index (χ0n) is 12.1. The second kappa shape index (κ2) is 7.07. The molecule has 0 aromatic carbocycles. The van der Waals surface area contributed by atoms with Crippen LogP contribution in [0.5, 0.6) is 0 Å². The van der Waals surface area contributed by atoms with Gasteiger partial charge < -0.3 is 10.4 Å². The van der Waals surface area contributed by atoms with Gasteiger partial charge >= 0.3 is 5.97 Å². The number of carboxylic acid groups (broad SMARTS) is 1. The summed E-state index contributed by atoms with van der Waals surface area (Å²) in [4.78, 5) is 19.4. The van der Waals surface area contributed by atoms with Crippen molar-refractivity contribution in [2.45, 2.75) is 40.5 Å². The Balaban J connectivity index is 2.61. The van der Waals surface area contributed by atoms with Gasteiger partial charge in [0.05, 0.1) is 0 Å². The van der Waals surface area contributed by atoms with Crippen molar-refractivity contribution in [2.75, 3.05) is 11.9 Å². The zero-order chi connectivity index (χ0) is 14.4. The fourth-order valence-electron chi connectivity index (χ4n) is 2.19. The number of rotatable bonds is 7. The molecule has 0 saturated carbocycles. The highest BCUT2D eigenvalue weighted by Gasteiger charge is 2.15. The Morgan fingerprint density at radius 1 is 1.32 bits per heavy atom. The second-order valence-corrected chi connectivity index (χ2v) is 5.45. The Labute approximate surface area is 114 Å². The Hall–Kier alpha value is -1.65. The summed E-state index contributed by atoms with van der Waals surface area (Å²) in [5.41, 5.74) is 1.82. The highest BCUT2D eigenvalue weighted by Crippen LogP contribution is 2.16. The molecule has 106 valence electrons. The lowest BCUT2D eigenvalue weighted by Crippen LogP contribution is -2.20. The largest absolute Gasteiger partial charge is 0.481 e. The fourth-order valence-corrected chi connectivity index (χ4v) is 2.19. The van der Waals surface area contributed by atoms with Crippen LogP contribution in [0.15, 0.2) is 6.07 Å². The molecule has 0 radical (unpaired) electrons. The number of carbonyl (C=O) groups is 1. The number of hydrogen-bond donors (Lipinski definition) is 2. The first-order chi connectivity index (χ1) is 8.86. The van der Waals surface area contributed by atoms with Crippen LogP contribution in [0.25, 0.3) is 0 Å². The van der Waals surface area contributed by atoms with Crippen molar-refractivity contribution in [1.29, 1.82) is 0 Å². The third-order valence-electron chi connectivity index (χ3n) is 2.80. The van der Waals surface area contributed by atoms with Gasteiger partial charge in [-0.3, -0.25) is 4.79 Å². The third kappa shape index (κ3) is 6.18. The van der Waals surface area contributed by atoms with E-state index in [0.717, 1.165) is 17.8 Å². The van der Waals surface area contributed by atoms with E-state index in [1.165, 1.54) is 0 Å². The Morgan fingerprint density at radius 3 is 2.37 bits per heavy atom. The van der Waals surface area contributed by atoms with E-state index in [0.29, 0.717) is 18.4 Å². The standard InChI is InChI=1S/C14H23N3O2/c1-9(2)5-12(7-13(18)19)8-15-14-16-10(3)6-11(4)17-14/h6,9,12H,5,7-8H2,1-4H3,(H,18,19)(H,15,16,17). The van der Waals surface area contributed by atoms with E-state index in [1.807, 2.05) is 19.9 Å². The van der Waals surface area contributed by atoms with Gasteiger partial charge in [-0.25, -0.2) is 9.97 Å². The van der Waals surface area contributed by atoms with E-state index in [9.17, 15) is 4.79 Å². The molecule has 0 bridgehead atoms. The predicted octanol–water partition coefficient (Wildman–Crippen LogP) is 2.64. The minimum Gasteiger partial charge on any atom is -0.481 e. The van der Waals surface area contributed by atoms with Crippen LogP contribution in [0.3, 0.4) is 0 Å². The molecule has 1 rings (SSSR count). The van der Waals surface area contributed by atoms with Crippen LogP contribution < -0.4 is 5.32 Å². The molecule has 19 heavy (non-hydrogen) atoms. The molecule has 0 spiro atoms. The van der Waals surface area contributed by atoms with Crippen LogP contribution in [-0.4, -0.2) is 27.6 Å². The Bertz CT molecular complexity index is 412. The first-order valence-electron chi connectivity index (χ1n) is 6.64. The molecule has 5 nitrogen and oxygen atoms in total. The zero-order valence-corrected chi connectivity index (χ0v) is 12.1. The highest BCUT2D eigenvalue weighted by molar-refractivity contribution is 5.67. The summed E-state index contributed by atoms with van der Waals surface area (Å²) in [6.45, 7) is 8.63. The molecular weight excluding hydrogens is 242 g/mol. The quantitative estimate of drug-likeness (QED) is 0.792. The number of nitrogens with one attached hydrogen (secondary N) is 1. The van der Waals surface area contributed by atoms with Crippen LogP contribution in [-0.2, 0) is 4.79 Å². The summed E-state index contributed by atoms with van der Waals surface area (Å²) < 4.78 is 0. The van der Waals surface area contributed by atoms with Gasteiger partial charge in [0.1, 0.15) is 0 Å². The number of aryl methyl sites for hydroxylation is 2. The molecule has 1 atom stereocenters. The molecule has 0 fully saturated rings. The molecule has 2 N–H and O–H groups in total. The normalized spacial score (nSPS) is 12.5. The van der Waals surface area contributed by atoms with Gasteiger partial charge in [0.15, 0.2) is 0 Å². The van der Waals surface area contributed by atoms with Gasteiger partial charge in [-0.1, -0.05) is 13.8 Å². The van der Waals surface area contributed by atoms with Crippen LogP contribution in [0.2, 0.25) is 0 Å². The number of carboxylic acids is 1. The van der Waals surface area contributed by atoms with Gasteiger partial charge in [-0.15, -0.1) is 0 Å². The number of hydrogen-bond acceptors (Lipinski definition) is 4.